The van der Waals surface area contributed by atoms with Gasteiger partial charge in [0.1, 0.15) is 6.10 Å². The van der Waals surface area contributed by atoms with Gasteiger partial charge < -0.3 is 4.74 Å². The molecule has 4 fully saturated rings. The van der Waals surface area contributed by atoms with Crippen LogP contribution < -0.4 is 0 Å². The van der Waals surface area contributed by atoms with Crippen LogP contribution in [0.25, 0.3) is 0 Å². The Labute approximate surface area is 248 Å². The highest BCUT2D eigenvalue weighted by Crippen LogP contribution is 2.75. The molecule has 0 saturated heterocycles. The zero-order valence-electron chi connectivity index (χ0n) is 28.0. The Morgan fingerprint density at radius 1 is 0.850 bits per heavy atom. The first-order chi connectivity index (χ1) is 18.7. The molecule has 0 aliphatic heterocycles. The SMILES string of the molecule is CCCCCCCC(=O)OC1CC[C@@]2(C)C(CC[C@]3(C)C2CC=C2C4[C@@H](C)[C@H](C)CC[C@]4(C)CC[C@]23C)C1(C)C. The van der Waals surface area contributed by atoms with E-state index in [9.17, 15) is 4.79 Å². The van der Waals surface area contributed by atoms with E-state index in [4.69, 9.17) is 4.74 Å². The fourth-order valence-electron chi connectivity index (χ4n) is 12.1. The van der Waals surface area contributed by atoms with Gasteiger partial charge >= 0.3 is 5.97 Å². The van der Waals surface area contributed by atoms with Crippen LogP contribution in [-0.2, 0) is 9.53 Å². The predicted octanol–water partition coefficient (Wildman–Crippen LogP) is 10.9. The van der Waals surface area contributed by atoms with Crippen LogP contribution in [0.3, 0.4) is 0 Å². The first kappa shape index (κ1) is 30.7. The van der Waals surface area contributed by atoms with Gasteiger partial charge in [0.15, 0.2) is 0 Å². The highest BCUT2D eigenvalue weighted by molar-refractivity contribution is 5.69. The van der Waals surface area contributed by atoms with Crippen molar-refractivity contribution in [3.63, 3.8) is 0 Å². The quantitative estimate of drug-likeness (QED) is 0.178. The number of fused-ring (bicyclic) bond motifs is 7. The maximum Gasteiger partial charge on any atom is 0.306 e. The summed E-state index contributed by atoms with van der Waals surface area (Å²) in [7, 11) is 0. The number of ether oxygens (including phenoxy) is 1. The van der Waals surface area contributed by atoms with E-state index in [1.165, 1.54) is 70.6 Å². The number of esters is 1. The molecule has 5 aliphatic rings. The van der Waals surface area contributed by atoms with Gasteiger partial charge in [0.25, 0.3) is 0 Å². The molecule has 5 aliphatic carbocycles. The van der Waals surface area contributed by atoms with Gasteiger partial charge in [-0.1, -0.05) is 99.6 Å². The van der Waals surface area contributed by atoms with Crippen molar-refractivity contribution in [3.8, 4) is 0 Å². The Morgan fingerprint density at radius 3 is 2.30 bits per heavy atom. The van der Waals surface area contributed by atoms with Gasteiger partial charge in [-0.3, -0.25) is 4.79 Å². The monoisotopic (exact) mass is 552 g/mol. The summed E-state index contributed by atoms with van der Waals surface area (Å²) < 4.78 is 6.32. The second kappa shape index (κ2) is 10.7. The lowest BCUT2D eigenvalue weighted by Gasteiger charge is -2.71. The third-order valence-electron chi connectivity index (χ3n) is 15.1. The molecule has 0 radical (unpaired) electrons. The van der Waals surface area contributed by atoms with E-state index in [0.717, 1.165) is 42.9 Å². The number of carbonyl (C=O) groups excluding carboxylic acids is 1. The molecule has 2 heteroatoms. The number of hydrogen-bond donors (Lipinski definition) is 0. The van der Waals surface area contributed by atoms with Crippen molar-refractivity contribution in [3.05, 3.63) is 11.6 Å². The minimum atomic E-state index is 0.0373. The van der Waals surface area contributed by atoms with Crippen LogP contribution in [0.1, 0.15) is 159 Å². The Kier molecular flexibility index (Phi) is 8.23. The van der Waals surface area contributed by atoms with Crippen LogP contribution in [0.15, 0.2) is 11.6 Å². The average Bonchev–Trinajstić information content (AvgIpc) is 2.89. The minimum absolute atomic E-state index is 0.0373. The molecule has 2 nitrogen and oxygen atoms in total. The summed E-state index contributed by atoms with van der Waals surface area (Å²) >= 11 is 0. The van der Waals surface area contributed by atoms with Crippen LogP contribution in [-0.4, -0.2) is 12.1 Å². The van der Waals surface area contributed by atoms with Crippen molar-refractivity contribution in [2.75, 3.05) is 0 Å². The molecule has 0 amide bonds. The van der Waals surface area contributed by atoms with Crippen LogP contribution >= 0.6 is 0 Å². The summed E-state index contributed by atoms with van der Waals surface area (Å²) in [6.07, 6.45) is 21.2. The highest BCUT2D eigenvalue weighted by atomic mass is 16.5. The maximum absolute atomic E-state index is 12.9. The topological polar surface area (TPSA) is 26.3 Å². The largest absolute Gasteiger partial charge is 0.462 e. The fraction of sp³-hybridized carbons (Fsp3) is 0.921. The van der Waals surface area contributed by atoms with E-state index in [0.29, 0.717) is 34.0 Å². The van der Waals surface area contributed by atoms with Gasteiger partial charge in [-0.05, 0) is 115 Å². The summed E-state index contributed by atoms with van der Waals surface area (Å²) in [5.41, 5.74) is 3.42. The maximum atomic E-state index is 12.9. The molecule has 0 N–H and O–H groups in total. The molecular formula is C38H64O2. The zero-order chi connectivity index (χ0) is 29.1. The molecular weight excluding hydrogens is 488 g/mol. The molecule has 0 spiro atoms. The van der Waals surface area contributed by atoms with Gasteiger partial charge in [0.2, 0.25) is 0 Å². The highest BCUT2D eigenvalue weighted by Gasteiger charge is 2.68. The average molecular weight is 553 g/mol. The fourth-order valence-corrected chi connectivity index (χ4v) is 12.1. The molecule has 228 valence electrons. The molecule has 4 saturated carbocycles. The molecule has 0 bridgehead atoms. The summed E-state index contributed by atoms with van der Waals surface area (Å²) in [5.74, 6) is 3.81. The number of carbonyl (C=O) groups is 1. The summed E-state index contributed by atoms with van der Waals surface area (Å²) in [5, 5.41) is 0. The molecule has 10 atom stereocenters. The van der Waals surface area contributed by atoms with Gasteiger partial charge in [-0.2, -0.15) is 0 Å². The van der Waals surface area contributed by atoms with Gasteiger partial charge in [-0.25, -0.2) is 0 Å². The van der Waals surface area contributed by atoms with Crippen molar-refractivity contribution in [2.45, 2.75) is 165 Å². The van der Waals surface area contributed by atoms with Crippen molar-refractivity contribution in [2.24, 2.45) is 56.7 Å². The smallest absolute Gasteiger partial charge is 0.306 e. The Balaban J connectivity index is 1.36. The van der Waals surface area contributed by atoms with Crippen LogP contribution in [0.4, 0.5) is 0 Å². The van der Waals surface area contributed by atoms with Crippen molar-refractivity contribution < 1.29 is 9.53 Å². The van der Waals surface area contributed by atoms with E-state index in [2.05, 4.69) is 68.4 Å². The van der Waals surface area contributed by atoms with Crippen LogP contribution in [0.5, 0.6) is 0 Å². The molecule has 0 heterocycles. The Bertz CT molecular complexity index is 978. The molecule has 0 aromatic heterocycles. The standard InChI is InChI=1S/C38H64O2/c1-10-11-12-13-14-15-32(39)40-31-20-22-36(7)29(34(31,4)5)19-23-38(9)30(36)17-16-28-33-27(3)26(2)18-21-35(33,6)24-25-37(28,38)8/h16,26-27,29-31,33H,10-15,17-25H2,1-9H3/t26-,27+,29?,30?,31?,33?,35-,36+,37-,38-/m1/s1. The van der Waals surface area contributed by atoms with E-state index < -0.39 is 0 Å². The molecule has 4 unspecified atom stereocenters. The third-order valence-corrected chi connectivity index (χ3v) is 15.1. The number of hydrogen-bond acceptors (Lipinski definition) is 2. The van der Waals surface area contributed by atoms with Gasteiger partial charge in [0.05, 0.1) is 0 Å². The van der Waals surface area contributed by atoms with Crippen LogP contribution in [0.2, 0.25) is 0 Å². The normalized spacial score (nSPS) is 47.7. The summed E-state index contributed by atoms with van der Waals surface area (Å²) in [4.78, 5) is 12.9. The van der Waals surface area contributed by atoms with E-state index in [-0.39, 0.29) is 17.5 Å². The summed E-state index contributed by atoms with van der Waals surface area (Å²) in [6, 6.07) is 0. The lowest BCUT2D eigenvalue weighted by Crippen LogP contribution is -2.65. The van der Waals surface area contributed by atoms with Crippen molar-refractivity contribution in [1.29, 1.82) is 0 Å². The third kappa shape index (κ3) is 4.58. The van der Waals surface area contributed by atoms with E-state index in [1.54, 1.807) is 0 Å². The first-order valence-corrected chi connectivity index (χ1v) is 17.6. The van der Waals surface area contributed by atoms with Crippen molar-refractivity contribution in [1.82, 2.24) is 0 Å². The molecule has 5 rings (SSSR count). The molecule has 40 heavy (non-hydrogen) atoms. The Morgan fingerprint density at radius 2 is 1.57 bits per heavy atom. The van der Waals surface area contributed by atoms with E-state index in [1.807, 2.05) is 5.57 Å². The van der Waals surface area contributed by atoms with Gasteiger partial charge in [0, 0.05) is 11.8 Å². The summed E-state index contributed by atoms with van der Waals surface area (Å²) in [6.45, 7) is 23.0. The number of allylic oxidation sites excluding steroid dienone is 2. The van der Waals surface area contributed by atoms with Crippen LogP contribution in [0, 0.1) is 56.7 Å². The Hall–Kier alpha value is -0.790. The molecule has 0 aromatic carbocycles. The first-order valence-electron chi connectivity index (χ1n) is 17.6. The predicted molar refractivity (Wildman–Crippen MR) is 168 cm³/mol. The number of unbranched alkanes of at least 4 members (excludes halogenated alkanes) is 4. The zero-order valence-corrected chi connectivity index (χ0v) is 28.0. The second-order valence-electron chi connectivity index (χ2n) is 17.3. The molecule has 0 aromatic rings. The number of rotatable bonds is 7. The lowest BCUT2D eigenvalue weighted by molar-refractivity contribution is -0.213. The lowest BCUT2D eigenvalue weighted by atomic mass is 9.33. The van der Waals surface area contributed by atoms with E-state index >= 15 is 0 Å². The van der Waals surface area contributed by atoms with Gasteiger partial charge in [-0.15, -0.1) is 0 Å². The van der Waals surface area contributed by atoms with Crippen molar-refractivity contribution >= 4 is 5.97 Å². The minimum Gasteiger partial charge on any atom is -0.462 e. The second-order valence-corrected chi connectivity index (χ2v) is 17.3.